The van der Waals surface area contributed by atoms with E-state index in [1.165, 1.54) is 0 Å². The number of rotatable bonds is 3. The number of carbonyl (C=O) groups excluding carboxylic acids is 1. The van der Waals surface area contributed by atoms with Crippen molar-refractivity contribution < 1.29 is 9.53 Å². The summed E-state index contributed by atoms with van der Waals surface area (Å²) in [6, 6.07) is 12.1. The molecule has 0 unspecified atom stereocenters. The van der Waals surface area contributed by atoms with Gasteiger partial charge in [-0.05, 0) is 36.6 Å². The predicted molar refractivity (Wildman–Crippen MR) is 93.6 cm³/mol. The van der Waals surface area contributed by atoms with Gasteiger partial charge in [0, 0.05) is 25.5 Å². The minimum absolute atomic E-state index is 0.0333. The topological polar surface area (TPSA) is 54.5 Å². The Bertz CT molecular complexity index is 673. The fourth-order valence-electron chi connectivity index (χ4n) is 2.86. The van der Waals surface area contributed by atoms with Crippen molar-refractivity contribution in [2.75, 3.05) is 19.7 Å². The van der Waals surface area contributed by atoms with Gasteiger partial charge in [-0.15, -0.1) is 0 Å². The number of hydrogen-bond donors (Lipinski definition) is 1. The molecule has 2 aromatic rings. The molecule has 1 aromatic heterocycles. The van der Waals surface area contributed by atoms with Crippen LogP contribution in [0.15, 0.2) is 48.8 Å². The minimum Gasteiger partial charge on any atom is -0.375 e. The van der Waals surface area contributed by atoms with E-state index in [2.05, 4.69) is 34.6 Å². The Balaban J connectivity index is 1.62. The number of nitrogens with one attached hydrogen (secondary N) is 1. The van der Waals surface area contributed by atoms with E-state index in [1.807, 2.05) is 37.1 Å². The van der Waals surface area contributed by atoms with Crippen molar-refractivity contribution in [2.24, 2.45) is 0 Å². The number of hydrogen-bond acceptors (Lipinski definition) is 3. The standard InChI is InChI=1S/C19H23N3O2/c1-14-13-22(10-11-24-14)19(23)21-15(2)16-5-7-17(8-6-16)18-4-3-9-20-12-18/h3-9,12,14-15H,10-11,13H2,1-2H3,(H,21,23)/t14-,15+/m0/s1. The number of urea groups is 1. The van der Waals surface area contributed by atoms with Crippen LogP contribution in [0.2, 0.25) is 0 Å². The molecule has 0 radical (unpaired) electrons. The van der Waals surface area contributed by atoms with E-state index < -0.39 is 0 Å². The molecule has 2 heterocycles. The fourth-order valence-corrected chi connectivity index (χ4v) is 2.86. The first-order valence-corrected chi connectivity index (χ1v) is 8.31. The van der Waals surface area contributed by atoms with E-state index in [9.17, 15) is 4.79 Å². The maximum Gasteiger partial charge on any atom is 0.318 e. The van der Waals surface area contributed by atoms with Crippen molar-refractivity contribution >= 4 is 6.03 Å². The zero-order chi connectivity index (χ0) is 16.9. The molecule has 2 amide bonds. The maximum absolute atomic E-state index is 12.4. The molecule has 24 heavy (non-hydrogen) atoms. The van der Waals surface area contributed by atoms with Crippen LogP contribution < -0.4 is 5.32 Å². The maximum atomic E-state index is 12.4. The zero-order valence-corrected chi connectivity index (χ0v) is 14.1. The Morgan fingerprint density at radius 3 is 2.75 bits per heavy atom. The van der Waals surface area contributed by atoms with Crippen LogP contribution in [-0.2, 0) is 4.74 Å². The molecule has 0 bridgehead atoms. The predicted octanol–water partition coefficient (Wildman–Crippen LogP) is 3.24. The van der Waals surface area contributed by atoms with Gasteiger partial charge in [-0.3, -0.25) is 4.98 Å². The van der Waals surface area contributed by atoms with Gasteiger partial charge in [0.1, 0.15) is 0 Å². The van der Waals surface area contributed by atoms with Gasteiger partial charge in [0.2, 0.25) is 0 Å². The Hall–Kier alpha value is -2.40. The lowest BCUT2D eigenvalue weighted by Gasteiger charge is -2.32. The second kappa shape index (κ2) is 7.45. The Labute approximate surface area is 142 Å². The summed E-state index contributed by atoms with van der Waals surface area (Å²) in [7, 11) is 0. The van der Waals surface area contributed by atoms with Crippen molar-refractivity contribution in [1.29, 1.82) is 0 Å². The summed E-state index contributed by atoms with van der Waals surface area (Å²) in [6.07, 6.45) is 3.71. The fraction of sp³-hybridized carbons (Fsp3) is 0.368. The van der Waals surface area contributed by atoms with Crippen LogP contribution in [0.3, 0.4) is 0 Å². The van der Waals surface area contributed by atoms with E-state index in [4.69, 9.17) is 4.74 Å². The molecular weight excluding hydrogens is 302 g/mol. The molecule has 1 aromatic carbocycles. The summed E-state index contributed by atoms with van der Waals surface area (Å²) in [4.78, 5) is 18.3. The molecule has 2 atom stereocenters. The van der Waals surface area contributed by atoms with Crippen LogP contribution in [0.1, 0.15) is 25.5 Å². The summed E-state index contributed by atoms with van der Waals surface area (Å²) in [5, 5.41) is 3.06. The van der Waals surface area contributed by atoms with Crippen LogP contribution in [0.5, 0.6) is 0 Å². The van der Waals surface area contributed by atoms with Crippen LogP contribution in [-0.4, -0.2) is 41.7 Å². The lowest BCUT2D eigenvalue weighted by atomic mass is 10.0. The molecule has 3 rings (SSSR count). The van der Waals surface area contributed by atoms with Gasteiger partial charge in [0.25, 0.3) is 0 Å². The quantitative estimate of drug-likeness (QED) is 0.942. The number of benzene rings is 1. The molecule has 1 aliphatic heterocycles. The first-order chi connectivity index (χ1) is 11.6. The highest BCUT2D eigenvalue weighted by atomic mass is 16.5. The summed E-state index contributed by atoms with van der Waals surface area (Å²) in [6.45, 7) is 5.87. The summed E-state index contributed by atoms with van der Waals surface area (Å²) in [5.41, 5.74) is 3.28. The largest absolute Gasteiger partial charge is 0.375 e. The van der Waals surface area contributed by atoms with Crippen molar-refractivity contribution in [1.82, 2.24) is 15.2 Å². The van der Waals surface area contributed by atoms with E-state index in [0.29, 0.717) is 19.7 Å². The van der Waals surface area contributed by atoms with Crippen molar-refractivity contribution in [2.45, 2.75) is 26.0 Å². The van der Waals surface area contributed by atoms with Gasteiger partial charge in [-0.25, -0.2) is 4.79 Å². The van der Waals surface area contributed by atoms with Crippen LogP contribution in [0.4, 0.5) is 4.79 Å². The van der Waals surface area contributed by atoms with Gasteiger partial charge in [-0.1, -0.05) is 30.3 Å². The van der Waals surface area contributed by atoms with E-state index >= 15 is 0 Å². The van der Waals surface area contributed by atoms with E-state index in [-0.39, 0.29) is 18.2 Å². The first kappa shape index (κ1) is 16.5. The molecule has 5 nitrogen and oxygen atoms in total. The first-order valence-electron chi connectivity index (χ1n) is 8.31. The molecular formula is C19H23N3O2. The number of pyridine rings is 1. The summed E-state index contributed by atoms with van der Waals surface area (Å²) >= 11 is 0. The molecule has 0 saturated carbocycles. The minimum atomic E-state index is -0.0430. The van der Waals surface area contributed by atoms with Gasteiger partial charge in [0.15, 0.2) is 0 Å². The lowest BCUT2D eigenvalue weighted by molar-refractivity contribution is -0.00380. The number of nitrogens with zero attached hydrogens (tertiary/aromatic N) is 2. The molecule has 0 aliphatic carbocycles. The van der Waals surface area contributed by atoms with Crippen LogP contribution in [0, 0.1) is 0 Å². The van der Waals surface area contributed by atoms with E-state index in [1.54, 1.807) is 6.20 Å². The van der Waals surface area contributed by atoms with Crippen molar-refractivity contribution in [3.8, 4) is 11.1 Å². The Morgan fingerprint density at radius 1 is 1.29 bits per heavy atom. The van der Waals surface area contributed by atoms with Gasteiger partial charge in [-0.2, -0.15) is 0 Å². The number of aromatic nitrogens is 1. The molecule has 5 heteroatoms. The van der Waals surface area contributed by atoms with Crippen molar-refractivity contribution in [3.63, 3.8) is 0 Å². The van der Waals surface area contributed by atoms with Gasteiger partial charge >= 0.3 is 6.03 Å². The highest BCUT2D eigenvalue weighted by Gasteiger charge is 2.22. The Kier molecular flexibility index (Phi) is 5.11. The highest BCUT2D eigenvalue weighted by Crippen LogP contribution is 2.21. The third-order valence-corrected chi connectivity index (χ3v) is 4.27. The van der Waals surface area contributed by atoms with Gasteiger partial charge < -0.3 is 15.0 Å². The lowest BCUT2D eigenvalue weighted by Crippen LogP contribution is -2.49. The SMILES string of the molecule is C[C@H]1CN(C(=O)N[C@H](C)c2ccc(-c3cccnc3)cc2)CCO1. The second-order valence-corrected chi connectivity index (χ2v) is 6.16. The second-order valence-electron chi connectivity index (χ2n) is 6.16. The number of morpholine rings is 1. The smallest absolute Gasteiger partial charge is 0.318 e. The molecule has 126 valence electrons. The average Bonchev–Trinajstić information content (AvgIpc) is 2.62. The third kappa shape index (κ3) is 3.92. The number of carbonyl (C=O) groups is 1. The normalized spacial score (nSPS) is 18.9. The zero-order valence-electron chi connectivity index (χ0n) is 14.1. The van der Waals surface area contributed by atoms with Crippen molar-refractivity contribution in [3.05, 3.63) is 54.4 Å². The number of amides is 2. The van der Waals surface area contributed by atoms with Gasteiger partial charge in [0.05, 0.1) is 18.8 Å². The van der Waals surface area contributed by atoms with E-state index in [0.717, 1.165) is 16.7 Å². The summed E-state index contributed by atoms with van der Waals surface area (Å²) in [5.74, 6) is 0. The summed E-state index contributed by atoms with van der Waals surface area (Å²) < 4.78 is 5.48. The monoisotopic (exact) mass is 325 g/mol. The molecule has 1 saturated heterocycles. The highest BCUT2D eigenvalue weighted by molar-refractivity contribution is 5.75. The molecule has 1 fully saturated rings. The Morgan fingerprint density at radius 2 is 2.08 bits per heavy atom. The molecule has 1 N–H and O–H groups in total. The average molecular weight is 325 g/mol. The third-order valence-electron chi connectivity index (χ3n) is 4.27. The molecule has 1 aliphatic rings. The van der Waals surface area contributed by atoms with Crippen LogP contribution >= 0.6 is 0 Å². The number of ether oxygens (including phenoxy) is 1. The van der Waals surface area contributed by atoms with Crippen LogP contribution in [0.25, 0.3) is 11.1 Å². The molecule has 0 spiro atoms.